The van der Waals surface area contributed by atoms with Crippen LogP contribution in [0.15, 0.2) is 0 Å². The molecule has 0 bridgehead atoms. The normalized spacial score (nSPS) is 28.3. The monoisotopic (exact) mass is 445 g/mol. The summed E-state index contributed by atoms with van der Waals surface area (Å²) >= 11 is 0. The molecular weight excluding hydrogens is 398 g/mol. The quantitative estimate of drug-likeness (QED) is 0.491. The smallest absolute Gasteiger partial charge is 0.326 e. The Balaban J connectivity index is 0.00000111. The van der Waals surface area contributed by atoms with Crippen LogP contribution in [0.2, 0.25) is 0 Å². The van der Waals surface area contributed by atoms with Crippen LogP contribution in [0.25, 0.3) is 0 Å². The molecule has 5 atom stereocenters. The average molecular weight is 446 g/mol. The lowest BCUT2D eigenvalue weighted by molar-refractivity contribution is -0.152. The number of nitrogens with one attached hydrogen (secondary N) is 1. The van der Waals surface area contributed by atoms with Gasteiger partial charge in [0.2, 0.25) is 5.91 Å². The number of aliphatic carboxylic acids is 1. The maximum atomic E-state index is 13.5. The highest BCUT2D eigenvalue weighted by atomic mass is 16.5. The number of carbonyl (C=O) groups is 3. The van der Waals surface area contributed by atoms with Gasteiger partial charge in [0.15, 0.2) is 0 Å². The fourth-order valence-electron chi connectivity index (χ4n) is 4.12. The van der Waals surface area contributed by atoms with Gasteiger partial charge in [-0.15, -0.1) is 0 Å². The van der Waals surface area contributed by atoms with Gasteiger partial charge in [-0.1, -0.05) is 26.2 Å². The van der Waals surface area contributed by atoms with E-state index in [4.69, 9.17) is 16.0 Å². The molecule has 0 aromatic carbocycles. The van der Waals surface area contributed by atoms with Crippen molar-refractivity contribution in [2.24, 2.45) is 11.7 Å². The van der Waals surface area contributed by atoms with Crippen LogP contribution in [-0.4, -0.2) is 64.1 Å². The van der Waals surface area contributed by atoms with Crippen LogP contribution in [0.1, 0.15) is 91.9 Å². The second kappa shape index (κ2) is 12.4. The Morgan fingerprint density at radius 3 is 2.42 bits per heavy atom. The zero-order valence-corrected chi connectivity index (χ0v) is 19.6. The van der Waals surface area contributed by atoms with Gasteiger partial charge in [0.25, 0.3) is 0 Å². The Bertz CT molecular complexity index is 738. The van der Waals surface area contributed by atoms with Crippen molar-refractivity contribution in [3.8, 4) is 0 Å². The number of nitrogens with two attached hydrogens (primary N) is 1. The van der Waals surface area contributed by atoms with Gasteiger partial charge in [0.1, 0.15) is 12.1 Å². The van der Waals surface area contributed by atoms with Crippen molar-refractivity contribution in [3.05, 3.63) is 0 Å². The maximum absolute atomic E-state index is 13.5. The molecule has 0 radical (unpaired) electrons. The summed E-state index contributed by atoms with van der Waals surface area (Å²) < 4.78 is 37.3. The lowest BCUT2D eigenvalue weighted by atomic mass is 9.84. The number of amides is 1. The van der Waals surface area contributed by atoms with Crippen LogP contribution >= 0.6 is 0 Å². The number of likely N-dealkylation sites (tertiary alicyclic amines) is 1. The van der Waals surface area contributed by atoms with E-state index in [2.05, 4.69) is 5.32 Å². The van der Waals surface area contributed by atoms with Crippen molar-refractivity contribution < 1.29 is 29.7 Å². The number of nitrogens with zero attached hydrogens (tertiary/aromatic N) is 1. The molecule has 0 aromatic heterocycles. The second-order valence-electron chi connectivity index (χ2n) is 9.39. The number of hydrogen-bond acceptors (Lipinski definition) is 6. The van der Waals surface area contributed by atoms with Crippen molar-refractivity contribution in [1.82, 2.24) is 10.2 Å². The molecule has 1 saturated heterocycles. The van der Waals surface area contributed by atoms with E-state index in [9.17, 15) is 19.5 Å². The Hall–Kier alpha value is -1.67. The van der Waals surface area contributed by atoms with E-state index in [1.807, 2.05) is 20.8 Å². The molecule has 0 spiro atoms. The summed E-state index contributed by atoms with van der Waals surface area (Å²) in [5.41, 5.74) is 5.35. The van der Waals surface area contributed by atoms with Crippen LogP contribution in [0, 0.1) is 5.92 Å². The Morgan fingerprint density at radius 1 is 1.29 bits per heavy atom. The van der Waals surface area contributed by atoms with Crippen molar-refractivity contribution >= 4 is 17.8 Å². The minimum Gasteiger partial charge on any atom is -0.480 e. The second-order valence-corrected chi connectivity index (χ2v) is 9.39. The molecule has 2 rings (SSSR count). The average Bonchev–Trinajstić information content (AvgIpc) is 3.10. The molecule has 2 fully saturated rings. The van der Waals surface area contributed by atoms with E-state index in [0.717, 1.165) is 24.2 Å². The predicted molar refractivity (Wildman–Crippen MR) is 120 cm³/mol. The lowest BCUT2D eigenvalue weighted by Gasteiger charge is -2.35. The number of rotatable bonds is 8. The first-order chi connectivity index (χ1) is 16.0. The van der Waals surface area contributed by atoms with Gasteiger partial charge >= 0.3 is 11.9 Å². The largest absolute Gasteiger partial charge is 0.480 e. The highest BCUT2D eigenvalue weighted by Crippen LogP contribution is 2.40. The van der Waals surface area contributed by atoms with Gasteiger partial charge in [0.05, 0.1) is 14.0 Å². The third-order valence-electron chi connectivity index (χ3n) is 5.29. The summed E-state index contributed by atoms with van der Waals surface area (Å²) in [6.45, 7) is 6.23. The van der Waals surface area contributed by atoms with E-state index >= 15 is 0 Å². The van der Waals surface area contributed by atoms with Crippen molar-refractivity contribution in [3.63, 3.8) is 0 Å². The van der Waals surface area contributed by atoms with E-state index < -0.39 is 48.8 Å². The summed E-state index contributed by atoms with van der Waals surface area (Å²) in [5, 5.41) is 12.1. The minimum atomic E-state index is -3.13. The molecule has 8 nitrogen and oxygen atoms in total. The molecule has 180 valence electrons. The fraction of sp³-hybridized carbons (Fsp3) is 0.870. The molecule has 0 aromatic rings. The maximum Gasteiger partial charge on any atom is 0.326 e. The number of carboxylic acids is 1. The highest BCUT2D eigenvalue weighted by Gasteiger charge is 2.48. The number of ether oxygens (including phenoxy) is 1. The Morgan fingerprint density at radius 2 is 1.90 bits per heavy atom. The zero-order valence-electron chi connectivity index (χ0n) is 23.6. The lowest BCUT2D eigenvalue weighted by Crippen LogP contribution is -2.55. The van der Waals surface area contributed by atoms with E-state index in [-0.39, 0.29) is 30.9 Å². The van der Waals surface area contributed by atoms with Crippen LogP contribution in [0.3, 0.4) is 0 Å². The van der Waals surface area contributed by atoms with Gasteiger partial charge in [-0.3, -0.25) is 14.9 Å². The van der Waals surface area contributed by atoms with Crippen LogP contribution in [-0.2, 0) is 19.1 Å². The van der Waals surface area contributed by atoms with E-state index in [0.29, 0.717) is 12.8 Å². The van der Waals surface area contributed by atoms with Crippen molar-refractivity contribution in [2.75, 3.05) is 6.61 Å². The van der Waals surface area contributed by atoms with Gasteiger partial charge in [-0.25, -0.2) is 4.79 Å². The number of esters is 1. The van der Waals surface area contributed by atoms with Crippen LogP contribution in [0.4, 0.5) is 0 Å². The summed E-state index contributed by atoms with van der Waals surface area (Å²) in [4.78, 5) is 38.8. The molecule has 8 heteroatoms. The Labute approximate surface area is 192 Å². The van der Waals surface area contributed by atoms with Gasteiger partial charge < -0.3 is 20.5 Å². The molecule has 1 amide bonds. The number of carbonyl (C=O) groups excluding carboxylic acids is 2. The first kappa shape index (κ1) is 21.2. The molecule has 2 aliphatic rings. The number of fused-ring (bicyclic) bond motifs is 1. The van der Waals surface area contributed by atoms with Crippen molar-refractivity contribution in [2.45, 2.75) is 116 Å². The number of hydrogen-bond donors (Lipinski definition) is 3. The molecular formula is C23H43N3O5. The van der Waals surface area contributed by atoms with Gasteiger partial charge in [-0.05, 0) is 66.1 Å². The molecule has 4 N–H and O–H groups in total. The first-order valence-electron chi connectivity index (χ1n) is 13.3. The van der Waals surface area contributed by atoms with Crippen LogP contribution in [0.5, 0.6) is 0 Å². The molecule has 0 unspecified atom stereocenters. The molecule has 1 aliphatic carbocycles. The first-order valence-corrected chi connectivity index (χ1v) is 11.3. The molecule has 1 aliphatic heterocycles. The third kappa shape index (κ3) is 8.77. The summed E-state index contributed by atoms with van der Waals surface area (Å²) in [6.07, 6.45) is 4.01. The summed E-state index contributed by atoms with van der Waals surface area (Å²) in [6, 6.07) is -5.61. The summed E-state index contributed by atoms with van der Waals surface area (Å²) in [7, 11) is 0. The SMILES string of the molecule is CC(C)(C)N.[2H]C([2H])([2H])[C@@]([2H])(N[C@H](CCC)C(=O)OCC)C(=O)N1[C@@H](C(=O)O)C[C@H]2CCCC[C@H]21. The zero-order chi connectivity index (χ0) is 27.2. The van der Waals surface area contributed by atoms with Crippen molar-refractivity contribution in [1.29, 1.82) is 0 Å². The standard InChI is InChI=1S/C19H32N2O5.C4H11N/c1-4-8-14(19(25)26-5-2)20-12(3)17(22)21-15-10-7-6-9-13(15)11-16(21)18(23)24;1-4(2,3)5/h12-16,20H,4-11H2,1-3H3,(H,23,24);5H2,1-3H3/t12-,13-,14-,15-,16-;/m1./s1/i3D3,12D;. The third-order valence-corrected chi connectivity index (χ3v) is 5.29. The minimum absolute atomic E-state index is 0. The fourth-order valence-corrected chi connectivity index (χ4v) is 4.12. The predicted octanol–water partition coefficient (Wildman–Crippen LogP) is 2.68. The Kier molecular flexibility index (Phi) is 8.47. The van der Waals surface area contributed by atoms with E-state index in [1.165, 1.54) is 0 Å². The van der Waals surface area contributed by atoms with Gasteiger partial charge in [-0.2, -0.15) is 0 Å². The van der Waals surface area contributed by atoms with Gasteiger partial charge in [0, 0.05) is 15.7 Å². The highest BCUT2D eigenvalue weighted by molar-refractivity contribution is 5.88. The van der Waals surface area contributed by atoms with Crippen LogP contribution < -0.4 is 11.1 Å². The summed E-state index contributed by atoms with van der Waals surface area (Å²) in [5.74, 6) is -3.09. The van der Waals surface area contributed by atoms with E-state index in [1.54, 1.807) is 13.8 Å². The molecule has 31 heavy (non-hydrogen) atoms. The molecule has 1 heterocycles. The topological polar surface area (TPSA) is 122 Å². The number of carboxylic acid groups (broad SMARTS) is 1. The molecule has 1 saturated carbocycles.